The van der Waals surface area contributed by atoms with Gasteiger partial charge in [-0.2, -0.15) is 0 Å². The lowest BCUT2D eigenvalue weighted by atomic mass is 9.95. The predicted octanol–water partition coefficient (Wildman–Crippen LogP) is 5.62. The van der Waals surface area contributed by atoms with Crippen molar-refractivity contribution in [2.45, 2.75) is 32.1 Å². The number of hydrogen-bond acceptors (Lipinski definition) is 3. The molecular weight excluding hydrogens is 406 g/mol. The van der Waals surface area contributed by atoms with Crippen LogP contribution in [0.4, 0.5) is 0 Å². The second-order valence-electron chi connectivity index (χ2n) is 8.00. The Morgan fingerprint density at radius 1 is 0.903 bits per heavy atom. The van der Waals surface area contributed by atoms with E-state index in [9.17, 15) is 13.2 Å². The van der Waals surface area contributed by atoms with Gasteiger partial charge >= 0.3 is 0 Å². The summed E-state index contributed by atoms with van der Waals surface area (Å²) in [6.45, 7) is 5.32. The van der Waals surface area contributed by atoms with Crippen LogP contribution in [-0.2, 0) is 21.2 Å². The normalized spacial score (nSPS) is 12.7. The molecule has 0 N–H and O–H groups in total. The molecule has 0 spiro atoms. The second kappa shape index (κ2) is 8.16. The molecule has 1 atom stereocenters. The zero-order valence-corrected chi connectivity index (χ0v) is 18.7. The maximum Gasteiger partial charge on any atom is 0.268 e. The van der Waals surface area contributed by atoms with E-state index in [1.165, 1.54) is 3.97 Å². The van der Waals surface area contributed by atoms with E-state index < -0.39 is 10.0 Å². The highest BCUT2D eigenvalue weighted by atomic mass is 32.2. The molecule has 0 radical (unpaired) electrons. The molecule has 4 rings (SSSR count). The summed E-state index contributed by atoms with van der Waals surface area (Å²) in [6.07, 6.45) is 0.333. The Kier molecular flexibility index (Phi) is 5.54. The van der Waals surface area contributed by atoms with Gasteiger partial charge in [0.25, 0.3) is 10.0 Å². The smallest absolute Gasteiger partial charge is 0.268 e. The van der Waals surface area contributed by atoms with Crippen LogP contribution in [0, 0.1) is 12.8 Å². The summed E-state index contributed by atoms with van der Waals surface area (Å²) in [4.78, 5) is 12.4. The molecule has 1 heterocycles. The fourth-order valence-electron chi connectivity index (χ4n) is 3.90. The Morgan fingerprint density at radius 3 is 2.16 bits per heavy atom. The van der Waals surface area contributed by atoms with Gasteiger partial charge in [-0.15, -0.1) is 0 Å². The van der Waals surface area contributed by atoms with Crippen molar-refractivity contribution in [3.8, 4) is 11.1 Å². The molecule has 0 aliphatic carbocycles. The first-order valence-electron chi connectivity index (χ1n) is 10.3. The van der Waals surface area contributed by atoms with E-state index in [0.717, 1.165) is 22.1 Å². The Morgan fingerprint density at radius 2 is 1.52 bits per heavy atom. The number of para-hydroxylation sites is 1. The standard InChI is InChI=1S/C26H25NO3S/c1-18-13-15-22(16-14-18)31(29,30)27-24-12-8-7-11-23(24)26(21-9-5-4-6-10-21)25(27)17-19(2)20(3)28/h4-16,19H,17H2,1-3H3. The van der Waals surface area contributed by atoms with Gasteiger partial charge in [0.05, 0.1) is 10.4 Å². The minimum absolute atomic E-state index is 0.0311. The third-order valence-corrected chi connectivity index (χ3v) is 7.51. The monoisotopic (exact) mass is 431 g/mol. The van der Waals surface area contributed by atoms with Gasteiger partial charge in [0.1, 0.15) is 5.78 Å². The molecule has 3 aromatic carbocycles. The second-order valence-corrected chi connectivity index (χ2v) is 9.79. The Balaban J connectivity index is 2.09. The summed E-state index contributed by atoms with van der Waals surface area (Å²) in [6, 6.07) is 24.2. The number of hydrogen-bond donors (Lipinski definition) is 0. The van der Waals surface area contributed by atoms with Gasteiger partial charge in [-0.3, -0.25) is 4.79 Å². The maximum absolute atomic E-state index is 13.9. The van der Waals surface area contributed by atoms with Crippen LogP contribution < -0.4 is 0 Å². The topological polar surface area (TPSA) is 56.1 Å². The number of fused-ring (bicyclic) bond motifs is 1. The Labute approximate surface area is 183 Å². The number of nitrogens with zero attached hydrogens (tertiary/aromatic N) is 1. The average molecular weight is 432 g/mol. The third-order valence-electron chi connectivity index (χ3n) is 5.74. The summed E-state index contributed by atoms with van der Waals surface area (Å²) < 4.78 is 29.1. The molecule has 0 aliphatic heterocycles. The zero-order chi connectivity index (χ0) is 22.2. The van der Waals surface area contributed by atoms with Crippen LogP contribution in [0.2, 0.25) is 0 Å². The average Bonchev–Trinajstić information content (AvgIpc) is 3.09. The fourth-order valence-corrected chi connectivity index (χ4v) is 5.47. The number of aryl methyl sites for hydroxylation is 1. The molecule has 0 fully saturated rings. The van der Waals surface area contributed by atoms with Crippen LogP contribution in [0.1, 0.15) is 25.1 Å². The maximum atomic E-state index is 13.9. The van der Waals surface area contributed by atoms with Gasteiger partial charge in [0.2, 0.25) is 0 Å². The molecule has 158 valence electrons. The quantitative estimate of drug-likeness (QED) is 0.398. The first-order chi connectivity index (χ1) is 14.8. The lowest BCUT2D eigenvalue weighted by Crippen LogP contribution is -2.19. The fraction of sp³-hybridized carbons (Fsp3) is 0.192. The zero-order valence-electron chi connectivity index (χ0n) is 17.9. The number of ketones is 1. The highest BCUT2D eigenvalue weighted by Crippen LogP contribution is 2.38. The van der Waals surface area contributed by atoms with Crippen LogP contribution in [0.25, 0.3) is 22.0 Å². The summed E-state index contributed by atoms with van der Waals surface area (Å²) in [5.74, 6) is -0.276. The Bertz CT molecular complexity index is 1350. The number of Topliss-reactive ketones (excluding diaryl/α,β-unsaturated/α-hetero) is 1. The van der Waals surface area contributed by atoms with Gasteiger partial charge in [-0.1, -0.05) is 73.2 Å². The van der Waals surface area contributed by atoms with Crippen molar-refractivity contribution in [2.24, 2.45) is 5.92 Å². The van der Waals surface area contributed by atoms with Crippen LogP contribution in [0.15, 0.2) is 83.8 Å². The Hall–Kier alpha value is -3.18. The summed E-state index contributed by atoms with van der Waals surface area (Å²) in [7, 11) is -3.87. The molecule has 4 aromatic rings. The van der Waals surface area contributed by atoms with Gasteiger partial charge in [-0.25, -0.2) is 12.4 Å². The molecule has 0 aliphatic rings. The number of aromatic nitrogens is 1. The molecule has 4 nitrogen and oxygen atoms in total. The first kappa shape index (κ1) is 21.1. The number of rotatable bonds is 6. The van der Waals surface area contributed by atoms with Crippen LogP contribution in [0.3, 0.4) is 0 Å². The largest absolute Gasteiger partial charge is 0.300 e. The van der Waals surface area contributed by atoms with Gasteiger partial charge in [0.15, 0.2) is 0 Å². The molecule has 0 amide bonds. The number of carbonyl (C=O) groups excluding carboxylic acids is 1. The highest BCUT2D eigenvalue weighted by molar-refractivity contribution is 7.90. The highest BCUT2D eigenvalue weighted by Gasteiger charge is 2.28. The van der Waals surface area contributed by atoms with E-state index in [2.05, 4.69) is 0 Å². The molecule has 5 heteroatoms. The molecule has 0 saturated carbocycles. The molecule has 1 unspecified atom stereocenters. The molecule has 0 bridgehead atoms. The SMILES string of the molecule is CC(=O)C(C)Cc1c(-c2ccccc2)c2ccccc2n1S(=O)(=O)c1ccc(C)cc1. The lowest BCUT2D eigenvalue weighted by molar-refractivity contribution is -0.120. The van der Waals surface area contributed by atoms with E-state index in [-0.39, 0.29) is 16.6 Å². The molecule has 31 heavy (non-hydrogen) atoms. The van der Waals surface area contributed by atoms with Gasteiger partial charge < -0.3 is 0 Å². The molecule has 0 saturated heterocycles. The van der Waals surface area contributed by atoms with Crippen LogP contribution in [0.5, 0.6) is 0 Å². The van der Waals surface area contributed by atoms with Crippen molar-refractivity contribution in [1.29, 1.82) is 0 Å². The van der Waals surface area contributed by atoms with Crippen molar-refractivity contribution in [1.82, 2.24) is 3.97 Å². The predicted molar refractivity (Wildman–Crippen MR) is 125 cm³/mol. The van der Waals surface area contributed by atoms with Crippen molar-refractivity contribution >= 4 is 26.7 Å². The number of carbonyl (C=O) groups is 1. The molecule has 1 aromatic heterocycles. The van der Waals surface area contributed by atoms with E-state index in [1.54, 1.807) is 31.2 Å². The third kappa shape index (κ3) is 3.81. The minimum Gasteiger partial charge on any atom is -0.300 e. The van der Waals surface area contributed by atoms with E-state index in [4.69, 9.17) is 0 Å². The summed E-state index contributed by atoms with van der Waals surface area (Å²) >= 11 is 0. The first-order valence-corrected chi connectivity index (χ1v) is 11.7. The van der Waals surface area contributed by atoms with E-state index >= 15 is 0 Å². The lowest BCUT2D eigenvalue weighted by Gasteiger charge is -2.16. The van der Waals surface area contributed by atoms with Crippen molar-refractivity contribution in [2.75, 3.05) is 0 Å². The van der Waals surface area contributed by atoms with Crippen LogP contribution in [-0.4, -0.2) is 18.2 Å². The minimum atomic E-state index is -3.87. The van der Waals surface area contributed by atoms with Crippen molar-refractivity contribution in [3.05, 3.63) is 90.1 Å². The summed E-state index contributed by atoms with van der Waals surface area (Å²) in [5, 5.41) is 0.857. The van der Waals surface area contributed by atoms with Crippen molar-refractivity contribution < 1.29 is 13.2 Å². The van der Waals surface area contributed by atoms with Crippen LogP contribution >= 0.6 is 0 Å². The molecular formula is C26H25NO3S. The van der Waals surface area contributed by atoms with Gasteiger partial charge in [0, 0.05) is 22.6 Å². The van der Waals surface area contributed by atoms with E-state index in [1.807, 2.05) is 68.4 Å². The van der Waals surface area contributed by atoms with Crippen molar-refractivity contribution in [3.63, 3.8) is 0 Å². The van der Waals surface area contributed by atoms with E-state index in [0.29, 0.717) is 17.6 Å². The summed E-state index contributed by atoms with van der Waals surface area (Å²) in [5.41, 5.74) is 4.04. The van der Waals surface area contributed by atoms with Gasteiger partial charge in [-0.05, 0) is 44.0 Å². The number of benzene rings is 3.